The molecule has 5 heterocycles. The lowest BCUT2D eigenvalue weighted by atomic mass is 10.1. The molecule has 10 heteroatoms. The van der Waals surface area contributed by atoms with Crippen LogP contribution in [0, 0.1) is 0 Å². The third-order valence-electron chi connectivity index (χ3n) is 4.88. The fraction of sp³-hybridized carbons (Fsp3) is 0.438. The molecule has 0 saturated heterocycles. The van der Waals surface area contributed by atoms with Gasteiger partial charge in [-0.05, 0) is 18.9 Å². The van der Waals surface area contributed by atoms with Gasteiger partial charge in [-0.2, -0.15) is 4.98 Å². The van der Waals surface area contributed by atoms with Crippen molar-refractivity contribution in [2.45, 2.75) is 33.0 Å². The van der Waals surface area contributed by atoms with Crippen LogP contribution < -0.4 is 5.56 Å². The topological polar surface area (TPSA) is 95.1 Å². The molecule has 3 aromatic rings. The quantitative estimate of drug-likeness (QED) is 0.494. The standard InChI is InChI=1S/C16H16N6O3S/c1-2-25-16(24)20-4-3-10-11(7-20)26-15-13(10)14(23)18-12-5-9-6-17-19-22(9)8-21(12)15/h6H,2-5,7-8H2,1H3. The number of fused-ring (bicyclic) bond motifs is 6. The lowest BCUT2D eigenvalue weighted by Gasteiger charge is -2.25. The van der Waals surface area contributed by atoms with Gasteiger partial charge >= 0.3 is 6.09 Å². The van der Waals surface area contributed by atoms with Gasteiger partial charge in [-0.15, -0.1) is 16.4 Å². The number of ether oxygens (including phenoxy) is 1. The van der Waals surface area contributed by atoms with Gasteiger partial charge in [0.15, 0.2) is 0 Å². The fourth-order valence-electron chi connectivity index (χ4n) is 3.63. The molecule has 134 valence electrons. The number of hydrogen-bond acceptors (Lipinski definition) is 7. The number of carbonyl (C=O) groups is 1. The molecule has 9 nitrogen and oxygen atoms in total. The summed E-state index contributed by atoms with van der Waals surface area (Å²) in [5.74, 6) is 0.734. The molecule has 0 saturated carbocycles. The van der Waals surface area contributed by atoms with Crippen molar-refractivity contribution in [3.63, 3.8) is 0 Å². The summed E-state index contributed by atoms with van der Waals surface area (Å²) in [6.45, 7) is 3.66. The molecule has 2 aliphatic rings. The van der Waals surface area contributed by atoms with Gasteiger partial charge in [-0.3, -0.25) is 9.36 Å². The molecule has 26 heavy (non-hydrogen) atoms. The highest BCUT2D eigenvalue weighted by molar-refractivity contribution is 7.18. The molecule has 0 aliphatic carbocycles. The predicted octanol–water partition coefficient (Wildman–Crippen LogP) is 0.974. The lowest BCUT2D eigenvalue weighted by molar-refractivity contribution is 0.103. The van der Waals surface area contributed by atoms with Crippen molar-refractivity contribution in [3.05, 3.63) is 38.5 Å². The molecule has 3 aromatic heterocycles. The van der Waals surface area contributed by atoms with E-state index >= 15 is 0 Å². The highest BCUT2D eigenvalue weighted by Crippen LogP contribution is 2.34. The van der Waals surface area contributed by atoms with Crippen molar-refractivity contribution in [1.29, 1.82) is 0 Å². The summed E-state index contributed by atoms with van der Waals surface area (Å²) < 4.78 is 8.97. The molecule has 0 atom stereocenters. The van der Waals surface area contributed by atoms with Crippen LogP contribution in [0.1, 0.15) is 28.9 Å². The zero-order chi connectivity index (χ0) is 17.8. The Bertz CT molecular complexity index is 1100. The Kier molecular flexibility index (Phi) is 3.36. The first-order valence-corrected chi connectivity index (χ1v) is 9.30. The molecular weight excluding hydrogens is 356 g/mol. The number of aromatic nitrogens is 5. The highest BCUT2D eigenvalue weighted by Gasteiger charge is 2.29. The maximum atomic E-state index is 12.7. The summed E-state index contributed by atoms with van der Waals surface area (Å²) >= 11 is 1.56. The molecule has 0 fully saturated rings. The van der Waals surface area contributed by atoms with Crippen molar-refractivity contribution < 1.29 is 9.53 Å². The van der Waals surface area contributed by atoms with Crippen molar-refractivity contribution >= 4 is 27.6 Å². The summed E-state index contributed by atoms with van der Waals surface area (Å²) in [6, 6.07) is 0. The van der Waals surface area contributed by atoms with Gasteiger partial charge in [0.05, 0.1) is 30.4 Å². The SMILES string of the molecule is CCOC(=O)N1CCc2c(sc3c2c(=O)nc2n3Cn3nncc3C2)C1. The van der Waals surface area contributed by atoms with E-state index in [1.807, 2.05) is 9.25 Å². The summed E-state index contributed by atoms with van der Waals surface area (Å²) in [7, 11) is 0. The van der Waals surface area contributed by atoms with Crippen LogP contribution in [0.25, 0.3) is 10.2 Å². The number of thiophene rings is 1. The summed E-state index contributed by atoms with van der Waals surface area (Å²) in [5.41, 5.74) is 1.78. The van der Waals surface area contributed by atoms with Crippen molar-refractivity contribution in [1.82, 2.24) is 29.4 Å². The smallest absolute Gasteiger partial charge is 0.410 e. The average Bonchev–Trinajstić information content (AvgIpc) is 3.23. The van der Waals surface area contributed by atoms with E-state index in [2.05, 4.69) is 15.3 Å². The van der Waals surface area contributed by atoms with Crippen LogP contribution >= 0.6 is 11.3 Å². The number of nitrogens with zero attached hydrogens (tertiary/aromatic N) is 6. The number of hydrogen-bond donors (Lipinski definition) is 0. The second-order valence-electron chi connectivity index (χ2n) is 6.36. The van der Waals surface area contributed by atoms with Crippen molar-refractivity contribution in [2.24, 2.45) is 0 Å². The second-order valence-corrected chi connectivity index (χ2v) is 7.44. The third kappa shape index (κ3) is 2.18. The van der Waals surface area contributed by atoms with Crippen LogP contribution in [-0.2, 0) is 30.8 Å². The van der Waals surface area contributed by atoms with Gasteiger partial charge in [0, 0.05) is 17.8 Å². The Hall–Kier alpha value is -2.75. The molecular formula is C16H16N6O3S. The third-order valence-corrected chi connectivity index (χ3v) is 6.12. The van der Waals surface area contributed by atoms with Crippen LogP contribution in [0.2, 0.25) is 0 Å². The average molecular weight is 372 g/mol. The molecule has 0 spiro atoms. The lowest BCUT2D eigenvalue weighted by Crippen LogP contribution is -2.36. The first-order chi connectivity index (χ1) is 12.7. The van der Waals surface area contributed by atoms with Crippen LogP contribution in [0.15, 0.2) is 11.0 Å². The highest BCUT2D eigenvalue weighted by atomic mass is 32.1. The molecule has 0 N–H and O–H groups in total. The Morgan fingerprint density at radius 3 is 3.15 bits per heavy atom. The number of rotatable bonds is 1. The van der Waals surface area contributed by atoms with Crippen molar-refractivity contribution in [2.75, 3.05) is 13.2 Å². The molecule has 5 rings (SSSR count). The number of carbonyl (C=O) groups excluding carboxylic acids is 1. The van der Waals surface area contributed by atoms with Crippen LogP contribution in [0.5, 0.6) is 0 Å². The summed E-state index contributed by atoms with van der Waals surface area (Å²) in [5, 5.41) is 8.72. The Balaban J connectivity index is 1.61. The molecule has 0 unspecified atom stereocenters. The van der Waals surface area contributed by atoms with E-state index < -0.39 is 0 Å². The fourth-order valence-corrected chi connectivity index (χ4v) is 5.00. The molecule has 0 radical (unpaired) electrons. The van der Waals surface area contributed by atoms with Gasteiger partial charge in [0.1, 0.15) is 17.3 Å². The zero-order valence-electron chi connectivity index (χ0n) is 14.1. The predicted molar refractivity (Wildman–Crippen MR) is 93.2 cm³/mol. The molecule has 2 aliphatic heterocycles. The van der Waals surface area contributed by atoms with Crippen LogP contribution in [0.4, 0.5) is 4.79 Å². The van der Waals surface area contributed by atoms with Gasteiger partial charge in [0.2, 0.25) is 0 Å². The van der Waals surface area contributed by atoms with E-state index in [1.54, 1.807) is 29.4 Å². The van der Waals surface area contributed by atoms with Crippen molar-refractivity contribution in [3.8, 4) is 0 Å². The van der Waals surface area contributed by atoms with Crippen LogP contribution in [-0.4, -0.2) is 48.7 Å². The van der Waals surface area contributed by atoms with Gasteiger partial charge < -0.3 is 9.64 Å². The first kappa shape index (κ1) is 15.5. The number of amides is 1. The largest absolute Gasteiger partial charge is 0.450 e. The summed E-state index contributed by atoms with van der Waals surface area (Å²) in [4.78, 5) is 32.7. The van der Waals surface area contributed by atoms with Gasteiger partial charge in [-0.1, -0.05) is 5.21 Å². The summed E-state index contributed by atoms with van der Waals surface area (Å²) in [6.07, 6.45) is 2.57. The van der Waals surface area contributed by atoms with E-state index in [4.69, 9.17) is 4.74 Å². The Morgan fingerprint density at radius 1 is 1.42 bits per heavy atom. The van der Waals surface area contributed by atoms with E-state index in [9.17, 15) is 9.59 Å². The van der Waals surface area contributed by atoms with Gasteiger partial charge in [-0.25, -0.2) is 9.48 Å². The molecule has 1 amide bonds. The van der Waals surface area contributed by atoms with Gasteiger partial charge in [0.25, 0.3) is 5.56 Å². The maximum Gasteiger partial charge on any atom is 0.410 e. The van der Waals surface area contributed by atoms with Crippen LogP contribution in [0.3, 0.4) is 0 Å². The first-order valence-electron chi connectivity index (χ1n) is 8.48. The normalized spacial score (nSPS) is 15.5. The maximum absolute atomic E-state index is 12.7. The van der Waals surface area contributed by atoms with E-state index in [0.29, 0.717) is 44.6 Å². The monoisotopic (exact) mass is 372 g/mol. The Morgan fingerprint density at radius 2 is 2.31 bits per heavy atom. The minimum absolute atomic E-state index is 0.186. The Labute approximate surface area is 151 Å². The van der Waals surface area contributed by atoms with E-state index in [-0.39, 0.29) is 11.7 Å². The zero-order valence-corrected chi connectivity index (χ0v) is 15.0. The minimum Gasteiger partial charge on any atom is -0.450 e. The van der Waals surface area contributed by atoms with E-state index in [0.717, 1.165) is 26.8 Å². The minimum atomic E-state index is -0.307. The molecule has 0 bridgehead atoms. The van der Waals surface area contributed by atoms with E-state index in [1.165, 1.54) is 0 Å². The second kappa shape index (κ2) is 5.63. The molecule has 0 aromatic carbocycles.